The SMILES string of the molecule is N#Cc1ccc2ncc(=O)n(-c3cc(Cl)ccc3O)c2c1. The lowest BCUT2D eigenvalue weighted by Crippen LogP contribution is -2.18. The number of halogens is 1. The summed E-state index contributed by atoms with van der Waals surface area (Å²) in [4.78, 5) is 16.2. The largest absolute Gasteiger partial charge is 0.506 e. The summed E-state index contributed by atoms with van der Waals surface area (Å²) in [5.41, 5.74) is 1.18. The first-order chi connectivity index (χ1) is 10.1. The molecule has 0 radical (unpaired) electrons. The van der Waals surface area contributed by atoms with Crippen LogP contribution in [0.2, 0.25) is 5.02 Å². The molecule has 5 nitrogen and oxygen atoms in total. The lowest BCUT2D eigenvalue weighted by Gasteiger charge is -2.11. The average molecular weight is 298 g/mol. The maximum atomic E-state index is 12.2. The summed E-state index contributed by atoms with van der Waals surface area (Å²) in [6, 6.07) is 11.2. The molecule has 0 aliphatic carbocycles. The van der Waals surface area contributed by atoms with Gasteiger partial charge >= 0.3 is 0 Å². The maximum Gasteiger partial charge on any atom is 0.274 e. The summed E-state index contributed by atoms with van der Waals surface area (Å²) in [5, 5.41) is 19.4. The number of aromatic hydroxyl groups is 1. The summed E-state index contributed by atoms with van der Waals surface area (Å²) in [6.07, 6.45) is 1.16. The number of hydrogen-bond donors (Lipinski definition) is 1. The van der Waals surface area contributed by atoms with Gasteiger partial charge in [-0.2, -0.15) is 5.26 Å². The molecule has 1 aromatic heterocycles. The predicted octanol–water partition coefficient (Wildman–Crippen LogP) is 2.62. The number of aromatic nitrogens is 2. The van der Waals surface area contributed by atoms with Gasteiger partial charge in [0.1, 0.15) is 5.75 Å². The van der Waals surface area contributed by atoms with Crippen LogP contribution >= 0.6 is 11.6 Å². The van der Waals surface area contributed by atoms with E-state index in [9.17, 15) is 9.90 Å². The van der Waals surface area contributed by atoms with Crippen molar-refractivity contribution < 1.29 is 5.11 Å². The second-order valence-electron chi connectivity index (χ2n) is 4.38. The Hall–Kier alpha value is -2.84. The van der Waals surface area contributed by atoms with E-state index in [0.717, 1.165) is 6.20 Å². The molecule has 0 fully saturated rings. The minimum Gasteiger partial charge on any atom is -0.506 e. The lowest BCUT2D eigenvalue weighted by molar-refractivity contribution is 0.472. The molecule has 0 aliphatic rings. The van der Waals surface area contributed by atoms with Gasteiger partial charge in [-0.3, -0.25) is 9.36 Å². The van der Waals surface area contributed by atoms with E-state index < -0.39 is 5.56 Å². The van der Waals surface area contributed by atoms with Gasteiger partial charge in [0.25, 0.3) is 5.56 Å². The molecule has 0 atom stereocenters. The van der Waals surface area contributed by atoms with Crippen LogP contribution in [0.5, 0.6) is 5.75 Å². The molecule has 0 unspecified atom stereocenters. The second kappa shape index (κ2) is 4.93. The number of benzene rings is 2. The molecular formula is C15H8ClN3O2. The van der Waals surface area contributed by atoms with E-state index in [2.05, 4.69) is 4.98 Å². The van der Waals surface area contributed by atoms with Crippen LogP contribution in [-0.4, -0.2) is 14.7 Å². The number of fused-ring (bicyclic) bond motifs is 1. The Morgan fingerprint density at radius 3 is 2.81 bits per heavy atom. The molecule has 3 rings (SSSR count). The summed E-state index contributed by atoms with van der Waals surface area (Å²) >= 11 is 5.93. The number of phenolic OH excluding ortho intramolecular Hbond substituents is 1. The van der Waals surface area contributed by atoms with Crippen molar-refractivity contribution in [2.24, 2.45) is 0 Å². The Labute approximate surface area is 124 Å². The van der Waals surface area contributed by atoms with Crippen molar-refractivity contribution in [3.05, 3.63) is 63.5 Å². The molecule has 1 heterocycles. The van der Waals surface area contributed by atoms with Crippen molar-refractivity contribution in [1.82, 2.24) is 9.55 Å². The molecule has 3 aromatic rings. The standard InChI is InChI=1S/C15H8ClN3O2/c16-10-2-4-14(20)13(6-10)19-12-5-9(7-17)1-3-11(12)18-8-15(19)21/h1-6,8,20H. The van der Waals surface area contributed by atoms with E-state index in [1.807, 2.05) is 6.07 Å². The van der Waals surface area contributed by atoms with Crippen LogP contribution in [0.3, 0.4) is 0 Å². The van der Waals surface area contributed by atoms with E-state index in [-0.39, 0.29) is 11.4 Å². The third kappa shape index (κ3) is 2.22. The monoisotopic (exact) mass is 297 g/mol. The van der Waals surface area contributed by atoms with Gasteiger partial charge in [-0.15, -0.1) is 0 Å². The molecule has 0 aliphatic heterocycles. The van der Waals surface area contributed by atoms with Crippen molar-refractivity contribution >= 4 is 22.6 Å². The van der Waals surface area contributed by atoms with Gasteiger partial charge in [0.05, 0.1) is 34.6 Å². The Morgan fingerprint density at radius 1 is 1.24 bits per heavy atom. The topological polar surface area (TPSA) is 78.9 Å². The molecule has 6 heteroatoms. The molecule has 0 spiro atoms. The minimum atomic E-state index is -0.421. The zero-order valence-corrected chi connectivity index (χ0v) is 11.4. The zero-order chi connectivity index (χ0) is 15.0. The van der Waals surface area contributed by atoms with Gasteiger partial charge in [-0.25, -0.2) is 4.98 Å². The smallest absolute Gasteiger partial charge is 0.274 e. The Kier molecular flexibility index (Phi) is 3.09. The Balaban J connectivity index is 2.46. The van der Waals surface area contributed by atoms with Crippen LogP contribution in [-0.2, 0) is 0 Å². The van der Waals surface area contributed by atoms with Crippen molar-refractivity contribution in [2.45, 2.75) is 0 Å². The van der Waals surface area contributed by atoms with Crippen LogP contribution in [0.15, 0.2) is 47.4 Å². The van der Waals surface area contributed by atoms with Crippen molar-refractivity contribution in [3.8, 4) is 17.5 Å². The van der Waals surface area contributed by atoms with Crippen molar-refractivity contribution in [1.29, 1.82) is 5.26 Å². The number of nitriles is 1. The van der Waals surface area contributed by atoms with Gasteiger partial charge in [-0.1, -0.05) is 11.6 Å². The number of phenols is 1. The molecule has 2 aromatic carbocycles. The lowest BCUT2D eigenvalue weighted by atomic mass is 10.2. The summed E-state index contributed by atoms with van der Waals surface area (Å²) < 4.78 is 1.28. The highest BCUT2D eigenvalue weighted by Crippen LogP contribution is 2.26. The fourth-order valence-electron chi connectivity index (χ4n) is 2.11. The van der Waals surface area contributed by atoms with E-state index in [4.69, 9.17) is 16.9 Å². The van der Waals surface area contributed by atoms with Gasteiger partial charge < -0.3 is 5.11 Å². The van der Waals surface area contributed by atoms with Gasteiger partial charge in [0, 0.05) is 5.02 Å². The molecule has 0 amide bonds. The second-order valence-corrected chi connectivity index (χ2v) is 4.82. The first-order valence-electron chi connectivity index (χ1n) is 6.01. The summed E-state index contributed by atoms with van der Waals surface area (Å²) in [6.45, 7) is 0. The number of nitrogens with zero attached hydrogens (tertiary/aromatic N) is 3. The normalized spacial score (nSPS) is 10.5. The molecule has 0 bridgehead atoms. The minimum absolute atomic E-state index is 0.0867. The van der Waals surface area contributed by atoms with Crippen molar-refractivity contribution in [2.75, 3.05) is 0 Å². The highest BCUT2D eigenvalue weighted by atomic mass is 35.5. The van der Waals surface area contributed by atoms with Crippen LogP contribution in [0.25, 0.3) is 16.7 Å². The van der Waals surface area contributed by atoms with Gasteiger partial charge in [-0.05, 0) is 36.4 Å². The fourth-order valence-corrected chi connectivity index (χ4v) is 2.27. The average Bonchev–Trinajstić information content (AvgIpc) is 2.49. The van der Waals surface area contributed by atoms with Crippen LogP contribution < -0.4 is 5.56 Å². The highest BCUT2D eigenvalue weighted by Gasteiger charge is 2.11. The highest BCUT2D eigenvalue weighted by molar-refractivity contribution is 6.30. The Morgan fingerprint density at radius 2 is 2.05 bits per heavy atom. The molecule has 1 N–H and O–H groups in total. The van der Waals surface area contributed by atoms with E-state index >= 15 is 0 Å². The molecule has 21 heavy (non-hydrogen) atoms. The predicted molar refractivity (Wildman–Crippen MR) is 78.7 cm³/mol. The number of rotatable bonds is 1. The first-order valence-corrected chi connectivity index (χ1v) is 6.39. The van der Waals surface area contributed by atoms with Crippen molar-refractivity contribution in [3.63, 3.8) is 0 Å². The zero-order valence-electron chi connectivity index (χ0n) is 10.6. The maximum absolute atomic E-state index is 12.2. The quantitative estimate of drug-likeness (QED) is 0.749. The van der Waals surface area contributed by atoms with E-state index in [1.165, 1.54) is 22.8 Å². The third-order valence-electron chi connectivity index (χ3n) is 3.06. The van der Waals surface area contributed by atoms with Gasteiger partial charge in [0.2, 0.25) is 0 Å². The van der Waals surface area contributed by atoms with E-state index in [1.54, 1.807) is 18.2 Å². The molecule has 0 saturated heterocycles. The Bertz CT molecular complexity index is 957. The fraction of sp³-hybridized carbons (Fsp3) is 0. The molecular weight excluding hydrogens is 290 g/mol. The third-order valence-corrected chi connectivity index (χ3v) is 3.29. The molecule has 102 valence electrons. The summed E-state index contributed by atoms with van der Waals surface area (Å²) in [5.74, 6) is -0.0867. The summed E-state index contributed by atoms with van der Waals surface area (Å²) in [7, 11) is 0. The van der Waals surface area contributed by atoms with E-state index in [0.29, 0.717) is 21.6 Å². The first kappa shape index (κ1) is 13.2. The van der Waals surface area contributed by atoms with Crippen LogP contribution in [0.1, 0.15) is 5.56 Å². The van der Waals surface area contributed by atoms with Crippen LogP contribution in [0.4, 0.5) is 0 Å². The van der Waals surface area contributed by atoms with Gasteiger partial charge in [0.15, 0.2) is 0 Å². The molecule has 0 saturated carbocycles. The number of hydrogen-bond acceptors (Lipinski definition) is 4. The van der Waals surface area contributed by atoms with Crippen LogP contribution in [0, 0.1) is 11.3 Å².